The van der Waals surface area contributed by atoms with Gasteiger partial charge in [-0.25, -0.2) is 4.79 Å². The van der Waals surface area contributed by atoms with E-state index in [1.54, 1.807) is 18.5 Å². The Morgan fingerprint density at radius 3 is 2.95 bits per heavy atom. The summed E-state index contributed by atoms with van der Waals surface area (Å²) in [5, 5.41) is 19.8. The lowest BCUT2D eigenvalue weighted by molar-refractivity contribution is 0.0698. The number of nitrogens with two attached hydrogens (primary N) is 1. The Labute approximate surface area is 110 Å². The number of nitrogens with one attached hydrogen (secondary N) is 1. The first kappa shape index (κ1) is 12.9. The fourth-order valence-electron chi connectivity index (χ4n) is 1.73. The molecule has 0 amide bonds. The molecule has 0 bridgehead atoms. The number of rotatable bonds is 5. The highest BCUT2D eigenvalue weighted by atomic mass is 16.4. The van der Waals surface area contributed by atoms with Gasteiger partial charge in [-0.05, 0) is 25.1 Å². The summed E-state index contributed by atoms with van der Waals surface area (Å²) in [6.45, 7) is 3.30. The molecule has 4 N–H and O–H groups in total. The molecule has 7 heteroatoms. The molecular formula is C12H15N5O2. The van der Waals surface area contributed by atoms with E-state index in [4.69, 9.17) is 10.8 Å². The quantitative estimate of drug-likeness (QED) is 0.698. The Bertz CT molecular complexity index is 594. The summed E-state index contributed by atoms with van der Waals surface area (Å²) in [5.41, 5.74) is 6.75. The number of nitrogens with zero attached hydrogens (tertiary/aromatic N) is 3. The van der Waals surface area contributed by atoms with Crippen LogP contribution in [-0.4, -0.2) is 25.8 Å². The van der Waals surface area contributed by atoms with Crippen molar-refractivity contribution in [3.05, 3.63) is 35.9 Å². The predicted octanol–water partition coefficient (Wildman–Crippen LogP) is 1.19. The van der Waals surface area contributed by atoms with E-state index in [1.807, 2.05) is 11.5 Å². The maximum absolute atomic E-state index is 10.8. The fourth-order valence-corrected chi connectivity index (χ4v) is 1.73. The van der Waals surface area contributed by atoms with Crippen molar-refractivity contribution in [2.24, 2.45) is 0 Å². The second-order valence-corrected chi connectivity index (χ2v) is 3.99. The lowest BCUT2D eigenvalue weighted by atomic mass is 10.1. The number of carbonyl (C=O) groups is 1. The lowest BCUT2D eigenvalue weighted by Gasteiger charge is -2.08. The summed E-state index contributed by atoms with van der Waals surface area (Å²) >= 11 is 0. The van der Waals surface area contributed by atoms with Crippen LogP contribution in [-0.2, 0) is 13.1 Å². The van der Waals surface area contributed by atoms with E-state index in [1.165, 1.54) is 6.07 Å². The first-order valence-corrected chi connectivity index (χ1v) is 5.85. The van der Waals surface area contributed by atoms with E-state index in [0.29, 0.717) is 6.54 Å². The topological polar surface area (TPSA) is 106 Å². The van der Waals surface area contributed by atoms with Gasteiger partial charge in [-0.1, -0.05) is 0 Å². The van der Waals surface area contributed by atoms with Crippen molar-refractivity contribution in [1.82, 2.24) is 14.8 Å². The molecule has 0 aliphatic heterocycles. The number of nitrogen functional groups attached to an aromatic ring is 1. The zero-order valence-electron chi connectivity index (χ0n) is 10.5. The van der Waals surface area contributed by atoms with Gasteiger partial charge in [0, 0.05) is 17.9 Å². The predicted molar refractivity (Wildman–Crippen MR) is 70.8 cm³/mol. The number of hydrogen-bond donors (Lipinski definition) is 3. The van der Waals surface area contributed by atoms with Crippen LogP contribution in [0.5, 0.6) is 0 Å². The number of anilines is 2. The molecule has 0 aliphatic carbocycles. The average molecular weight is 261 g/mol. The van der Waals surface area contributed by atoms with E-state index < -0.39 is 5.97 Å². The molecule has 0 saturated carbocycles. The van der Waals surface area contributed by atoms with Crippen molar-refractivity contribution in [1.29, 1.82) is 0 Å². The molecule has 0 fully saturated rings. The normalized spacial score (nSPS) is 10.4. The Balaban J connectivity index is 2.08. The highest BCUT2D eigenvalue weighted by molar-refractivity contribution is 5.94. The number of carboxylic acids is 1. The van der Waals surface area contributed by atoms with Crippen LogP contribution in [0.2, 0.25) is 0 Å². The molecule has 1 aromatic heterocycles. The van der Waals surface area contributed by atoms with Crippen molar-refractivity contribution >= 4 is 17.3 Å². The second-order valence-electron chi connectivity index (χ2n) is 3.99. The van der Waals surface area contributed by atoms with Crippen LogP contribution < -0.4 is 11.1 Å². The van der Waals surface area contributed by atoms with E-state index in [9.17, 15) is 4.79 Å². The molecule has 0 aliphatic rings. The first-order valence-electron chi connectivity index (χ1n) is 5.85. The van der Waals surface area contributed by atoms with Gasteiger partial charge in [-0.3, -0.25) is 0 Å². The molecule has 2 aromatic rings. The van der Waals surface area contributed by atoms with Gasteiger partial charge in [-0.15, -0.1) is 10.2 Å². The molecule has 0 saturated heterocycles. The van der Waals surface area contributed by atoms with Crippen molar-refractivity contribution in [2.45, 2.75) is 20.0 Å². The highest BCUT2D eigenvalue weighted by Gasteiger charge is 2.08. The van der Waals surface area contributed by atoms with Crippen molar-refractivity contribution in [3.63, 3.8) is 0 Å². The Kier molecular flexibility index (Phi) is 3.65. The van der Waals surface area contributed by atoms with Gasteiger partial charge in [0.05, 0.1) is 12.1 Å². The van der Waals surface area contributed by atoms with Gasteiger partial charge in [-0.2, -0.15) is 0 Å². The van der Waals surface area contributed by atoms with Gasteiger partial charge in [0.1, 0.15) is 6.33 Å². The summed E-state index contributed by atoms with van der Waals surface area (Å²) in [4.78, 5) is 10.8. The standard InChI is InChI=1S/C12H15N5O2/c1-2-17-7-15-16-11(17)6-14-8-3-4-9(12(18)19)10(13)5-8/h3-5,7,14H,2,6,13H2,1H3,(H,18,19). The molecule has 19 heavy (non-hydrogen) atoms. The zero-order valence-corrected chi connectivity index (χ0v) is 10.5. The third-order valence-electron chi connectivity index (χ3n) is 2.77. The fraction of sp³-hybridized carbons (Fsp3) is 0.250. The summed E-state index contributed by atoms with van der Waals surface area (Å²) in [5.74, 6) is -0.224. The van der Waals surface area contributed by atoms with Crippen LogP contribution in [0.4, 0.5) is 11.4 Å². The number of aryl methyl sites for hydroxylation is 1. The van der Waals surface area contributed by atoms with Crippen LogP contribution in [0.15, 0.2) is 24.5 Å². The lowest BCUT2D eigenvalue weighted by Crippen LogP contribution is -2.08. The Hall–Kier alpha value is -2.57. The maximum atomic E-state index is 10.8. The third kappa shape index (κ3) is 2.82. The smallest absolute Gasteiger partial charge is 0.337 e. The van der Waals surface area contributed by atoms with Crippen molar-refractivity contribution in [2.75, 3.05) is 11.1 Å². The number of benzene rings is 1. The van der Waals surface area contributed by atoms with Gasteiger partial charge < -0.3 is 20.7 Å². The highest BCUT2D eigenvalue weighted by Crippen LogP contribution is 2.18. The number of carboxylic acid groups (broad SMARTS) is 1. The molecule has 0 unspecified atom stereocenters. The van der Waals surface area contributed by atoms with Gasteiger partial charge in [0.15, 0.2) is 5.82 Å². The molecule has 0 atom stereocenters. The van der Waals surface area contributed by atoms with Crippen LogP contribution in [0.1, 0.15) is 23.1 Å². The molecular weight excluding hydrogens is 246 g/mol. The molecule has 0 spiro atoms. The summed E-state index contributed by atoms with van der Waals surface area (Å²) in [7, 11) is 0. The van der Waals surface area contributed by atoms with Crippen molar-refractivity contribution < 1.29 is 9.90 Å². The summed E-state index contributed by atoms with van der Waals surface area (Å²) < 4.78 is 1.92. The maximum Gasteiger partial charge on any atom is 0.337 e. The number of aromatic carboxylic acids is 1. The third-order valence-corrected chi connectivity index (χ3v) is 2.77. The largest absolute Gasteiger partial charge is 0.478 e. The molecule has 100 valence electrons. The number of hydrogen-bond acceptors (Lipinski definition) is 5. The minimum absolute atomic E-state index is 0.0993. The SMILES string of the molecule is CCn1cnnc1CNc1ccc(C(=O)O)c(N)c1. The van der Waals surface area contributed by atoms with Gasteiger partial charge >= 0.3 is 5.97 Å². The first-order chi connectivity index (χ1) is 9.11. The van der Waals surface area contributed by atoms with Crippen LogP contribution >= 0.6 is 0 Å². The molecule has 1 aromatic carbocycles. The minimum Gasteiger partial charge on any atom is -0.478 e. The molecule has 2 rings (SSSR count). The second kappa shape index (κ2) is 5.38. The Morgan fingerprint density at radius 1 is 1.53 bits per heavy atom. The van der Waals surface area contributed by atoms with Crippen LogP contribution in [0.3, 0.4) is 0 Å². The Morgan fingerprint density at radius 2 is 2.32 bits per heavy atom. The molecule has 1 heterocycles. The van der Waals surface area contributed by atoms with Gasteiger partial charge in [0.25, 0.3) is 0 Å². The van der Waals surface area contributed by atoms with E-state index >= 15 is 0 Å². The minimum atomic E-state index is -1.03. The number of aromatic nitrogens is 3. The van der Waals surface area contributed by atoms with Gasteiger partial charge in [0.2, 0.25) is 0 Å². The van der Waals surface area contributed by atoms with E-state index in [2.05, 4.69) is 15.5 Å². The summed E-state index contributed by atoms with van der Waals surface area (Å²) in [6.07, 6.45) is 1.67. The zero-order chi connectivity index (χ0) is 13.8. The van der Waals surface area contributed by atoms with Crippen molar-refractivity contribution in [3.8, 4) is 0 Å². The summed E-state index contributed by atoms with van der Waals surface area (Å²) in [6, 6.07) is 4.74. The van der Waals surface area contributed by atoms with E-state index in [0.717, 1.165) is 18.1 Å². The molecule has 0 radical (unpaired) electrons. The monoisotopic (exact) mass is 261 g/mol. The van der Waals surface area contributed by atoms with Crippen LogP contribution in [0, 0.1) is 0 Å². The van der Waals surface area contributed by atoms with Crippen LogP contribution in [0.25, 0.3) is 0 Å². The average Bonchev–Trinajstić information content (AvgIpc) is 2.83. The molecule has 7 nitrogen and oxygen atoms in total. The van der Waals surface area contributed by atoms with E-state index in [-0.39, 0.29) is 11.3 Å².